The second-order valence-corrected chi connectivity index (χ2v) is 9.71. The van der Waals surface area contributed by atoms with Crippen molar-refractivity contribution in [3.8, 4) is 0 Å². The van der Waals surface area contributed by atoms with Crippen molar-refractivity contribution >= 4 is 39.3 Å². The van der Waals surface area contributed by atoms with Crippen LogP contribution < -0.4 is 0 Å². The standard InChI is InChI=1S/C20H27N3O3S2/c1-13-3-4-14-15(11-13)28-20-18(14)19(27-10-5-17(24)25-2)21-16(22-20)12-23-6-8-26-9-7-23/h13H,3-12H2,1-2H3/t13-/m1/s1. The van der Waals surface area contributed by atoms with E-state index in [1.165, 1.54) is 29.4 Å². The number of methoxy groups -OCH3 is 1. The van der Waals surface area contributed by atoms with Gasteiger partial charge >= 0.3 is 5.97 Å². The number of morpholine rings is 1. The Labute approximate surface area is 174 Å². The van der Waals surface area contributed by atoms with Gasteiger partial charge in [-0.2, -0.15) is 0 Å². The number of hydrogen-bond acceptors (Lipinski definition) is 8. The molecule has 0 spiro atoms. The Bertz CT molecular complexity index is 849. The minimum absolute atomic E-state index is 0.174. The Balaban J connectivity index is 1.64. The zero-order chi connectivity index (χ0) is 19.5. The summed E-state index contributed by atoms with van der Waals surface area (Å²) in [6.45, 7) is 6.47. The molecule has 3 heterocycles. The fraction of sp³-hybridized carbons (Fsp3) is 0.650. The number of thiophene rings is 1. The van der Waals surface area contributed by atoms with Crippen LogP contribution in [0.15, 0.2) is 5.03 Å². The monoisotopic (exact) mass is 421 g/mol. The molecule has 0 N–H and O–H groups in total. The van der Waals surface area contributed by atoms with Crippen LogP contribution in [0.4, 0.5) is 0 Å². The van der Waals surface area contributed by atoms with Crippen molar-refractivity contribution in [2.75, 3.05) is 39.2 Å². The average Bonchev–Trinajstić information content (AvgIpc) is 3.05. The molecule has 0 radical (unpaired) electrons. The summed E-state index contributed by atoms with van der Waals surface area (Å²) in [5.41, 5.74) is 1.44. The zero-order valence-corrected chi connectivity index (χ0v) is 18.2. The van der Waals surface area contributed by atoms with Crippen molar-refractivity contribution in [3.05, 3.63) is 16.3 Å². The minimum Gasteiger partial charge on any atom is -0.469 e. The van der Waals surface area contributed by atoms with Crippen LogP contribution in [0.1, 0.15) is 36.0 Å². The van der Waals surface area contributed by atoms with E-state index >= 15 is 0 Å². The Morgan fingerprint density at radius 3 is 2.96 bits per heavy atom. The van der Waals surface area contributed by atoms with Gasteiger partial charge in [-0.15, -0.1) is 23.1 Å². The van der Waals surface area contributed by atoms with Gasteiger partial charge in [0.15, 0.2) is 0 Å². The minimum atomic E-state index is -0.174. The molecular weight excluding hydrogens is 394 g/mol. The third-order valence-corrected chi connectivity index (χ3v) is 7.53. The molecule has 4 rings (SSSR count). The Morgan fingerprint density at radius 2 is 2.18 bits per heavy atom. The van der Waals surface area contributed by atoms with Gasteiger partial charge in [-0.25, -0.2) is 9.97 Å². The second-order valence-electron chi connectivity index (χ2n) is 7.54. The fourth-order valence-electron chi connectivity index (χ4n) is 3.82. The van der Waals surface area contributed by atoms with E-state index in [0.717, 1.165) is 67.3 Å². The first kappa shape index (κ1) is 20.1. The third kappa shape index (κ3) is 4.50. The number of rotatable bonds is 6. The van der Waals surface area contributed by atoms with Crippen LogP contribution in [0.5, 0.6) is 0 Å². The van der Waals surface area contributed by atoms with E-state index in [1.807, 2.05) is 11.3 Å². The summed E-state index contributed by atoms with van der Waals surface area (Å²) in [5, 5.41) is 2.26. The van der Waals surface area contributed by atoms with Crippen LogP contribution in [0.3, 0.4) is 0 Å². The molecule has 0 bridgehead atoms. The number of fused-ring (bicyclic) bond motifs is 3. The van der Waals surface area contributed by atoms with Crippen molar-refractivity contribution in [2.24, 2.45) is 5.92 Å². The molecule has 1 saturated heterocycles. The number of hydrogen-bond donors (Lipinski definition) is 0. The van der Waals surface area contributed by atoms with Gasteiger partial charge in [0.25, 0.3) is 0 Å². The Hall–Kier alpha value is -1.22. The third-order valence-electron chi connectivity index (χ3n) is 5.41. The first-order valence-corrected chi connectivity index (χ1v) is 11.7. The maximum atomic E-state index is 11.5. The molecule has 1 atom stereocenters. The quantitative estimate of drug-likeness (QED) is 0.403. The molecule has 0 saturated carbocycles. The number of aromatic nitrogens is 2. The van der Waals surface area contributed by atoms with Gasteiger partial charge in [0.1, 0.15) is 15.7 Å². The highest BCUT2D eigenvalue weighted by Crippen LogP contribution is 2.41. The molecular formula is C20H27N3O3S2. The molecule has 2 aliphatic rings. The number of carbonyl (C=O) groups excluding carboxylic acids is 1. The maximum Gasteiger partial charge on any atom is 0.306 e. The maximum absolute atomic E-state index is 11.5. The Morgan fingerprint density at radius 1 is 1.36 bits per heavy atom. The van der Waals surface area contributed by atoms with Gasteiger partial charge in [0, 0.05) is 29.1 Å². The fourth-order valence-corrected chi connectivity index (χ4v) is 6.28. The summed E-state index contributed by atoms with van der Waals surface area (Å²) in [4.78, 5) is 26.3. The topological polar surface area (TPSA) is 64.5 Å². The molecule has 2 aromatic rings. The summed E-state index contributed by atoms with van der Waals surface area (Å²) >= 11 is 3.50. The SMILES string of the molecule is COC(=O)CCSc1nc(CN2CCOCC2)nc2sc3c(c12)CC[C@@H](C)C3. The number of ether oxygens (including phenoxy) is 2. The van der Waals surface area contributed by atoms with Crippen LogP contribution in [-0.2, 0) is 33.7 Å². The van der Waals surface area contributed by atoms with E-state index in [0.29, 0.717) is 12.2 Å². The smallest absolute Gasteiger partial charge is 0.306 e. The van der Waals surface area contributed by atoms with Gasteiger partial charge in [-0.1, -0.05) is 6.92 Å². The molecule has 28 heavy (non-hydrogen) atoms. The predicted molar refractivity (Wildman–Crippen MR) is 112 cm³/mol. The molecule has 6 nitrogen and oxygen atoms in total. The Kier molecular flexibility index (Phi) is 6.50. The van der Waals surface area contributed by atoms with Crippen LogP contribution in [0.2, 0.25) is 0 Å². The van der Waals surface area contributed by atoms with Crippen molar-refractivity contribution in [2.45, 2.75) is 44.2 Å². The van der Waals surface area contributed by atoms with Crippen LogP contribution in [0, 0.1) is 5.92 Å². The van der Waals surface area contributed by atoms with Crippen molar-refractivity contribution in [1.29, 1.82) is 0 Å². The number of aryl methyl sites for hydroxylation is 1. The van der Waals surface area contributed by atoms with E-state index in [9.17, 15) is 4.79 Å². The van der Waals surface area contributed by atoms with Crippen molar-refractivity contribution in [3.63, 3.8) is 0 Å². The largest absolute Gasteiger partial charge is 0.469 e. The second kappa shape index (κ2) is 9.07. The number of nitrogens with zero attached hydrogens (tertiary/aromatic N) is 3. The molecule has 1 aliphatic carbocycles. The van der Waals surface area contributed by atoms with Crippen LogP contribution in [0.25, 0.3) is 10.2 Å². The molecule has 1 fully saturated rings. The predicted octanol–water partition coefficient (Wildman–Crippen LogP) is 3.30. The summed E-state index contributed by atoms with van der Waals surface area (Å²) in [7, 11) is 1.44. The van der Waals surface area contributed by atoms with Gasteiger partial charge in [0.05, 0.1) is 33.3 Å². The van der Waals surface area contributed by atoms with Gasteiger partial charge < -0.3 is 9.47 Å². The normalized spacial score (nSPS) is 20.3. The van der Waals surface area contributed by atoms with Crippen LogP contribution in [-0.4, -0.2) is 60.0 Å². The lowest BCUT2D eigenvalue weighted by Gasteiger charge is -2.25. The molecule has 0 aromatic carbocycles. The molecule has 8 heteroatoms. The van der Waals surface area contributed by atoms with Gasteiger partial charge in [-0.3, -0.25) is 9.69 Å². The lowest BCUT2D eigenvalue weighted by atomic mass is 9.89. The molecule has 1 aliphatic heterocycles. The summed E-state index contributed by atoms with van der Waals surface area (Å²) < 4.78 is 10.2. The van der Waals surface area contributed by atoms with Gasteiger partial charge in [-0.05, 0) is 30.7 Å². The van der Waals surface area contributed by atoms with E-state index in [-0.39, 0.29) is 5.97 Å². The highest BCUT2D eigenvalue weighted by molar-refractivity contribution is 7.99. The number of thioether (sulfide) groups is 1. The van der Waals surface area contributed by atoms with E-state index in [4.69, 9.17) is 19.4 Å². The summed E-state index contributed by atoms with van der Waals surface area (Å²) in [6, 6.07) is 0. The lowest BCUT2D eigenvalue weighted by Crippen LogP contribution is -2.36. The van der Waals surface area contributed by atoms with Crippen LogP contribution >= 0.6 is 23.1 Å². The molecule has 0 unspecified atom stereocenters. The average molecular weight is 422 g/mol. The first-order valence-electron chi connectivity index (χ1n) is 9.95. The zero-order valence-electron chi connectivity index (χ0n) is 16.5. The lowest BCUT2D eigenvalue weighted by molar-refractivity contribution is -0.140. The molecule has 0 amide bonds. The van der Waals surface area contributed by atoms with Crippen molar-refractivity contribution in [1.82, 2.24) is 14.9 Å². The highest BCUT2D eigenvalue weighted by atomic mass is 32.2. The van der Waals surface area contributed by atoms with E-state index in [2.05, 4.69) is 11.8 Å². The van der Waals surface area contributed by atoms with Gasteiger partial charge in [0.2, 0.25) is 0 Å². The highest BCUT2D eigenvalue weighted by Gasteiger charge is 2.24. The molecule has 2 aromatic heterocycles. The van der Waals surface area contributed by atoms with E-state index < -0.39 is 0 Å². The number of esters is 1. The van der Waals surface area contributed by atoms with E-state index in [1.54, 1.807) is 11.8 Å². The summed E-state index contributed by atoms with van der Waals surface area (Å²) in [6.07, 6.45) is 3.87. The number of carbonyl (C=O) groups is 1. The summed E-state index contributed by atoms with van der Waals surface area (Å²) in [5.74, 6) is 2.11. The first-order chi connectivity index (χ1) is 13.6. The molecule has 152 valence electrons. The van der Waals surface area contributed by atoms with Crippen molar-refractivity contribution < 1.29 is 14.3 Å².